The number of aryl methyl sites for hydroxylation is 1. The molecule has 106 valence electrons. The number of amides is 1. The van der Waals surface area contributed by atoms with Crippen molar-refractivity contribution in [1.82, 2.24) is 4.90 Å². The lowest BCUT2D eigenvalue weighted by Crippen LogP contribution is -2.52. The molecule has 5 heteroatoms. The van der Waals surface area contributed by atoms with Gasteiger partial charge < -0.3 is 14.7 Å². The van der Waals surface area contributed by atoms with Crippen LogP contribution in [0, 0.1) is 12.8 Å². The first-order valence-corrected chi connectivity index (χ1v) is 6.35. The van der Waals surface area contributed by atoms with Gasteiger partial charge in [-0.3, -0.25) is 9.59 Å². The molecule has 1 aliphatic rings. The highest BCUT2D eigenvalue weighted by atomic mass is 16.5. The van der Waals surface area contributed by atoms with Crippen LogP contribution in [0.25, 0.3) is 6.08 Å². The van der Waals surface area contributed by atoms with Gasteiger partial charge in [0.25, 0.3) is 0 Å². The molecule has 1 N–H and O–H groups in total. The van der Waals surface area contributed by atoms with E-state index in [2.05, 4.69) is 0 Å². The Labute approximate surface area is 117 Å². The first-order chi connectivity index (χ1) is 9.51. The van der Waals surface area contributed by atoms with Crippen molar-refractivity contribution >= 4 is 18.0 Å². The lowest BCUT2D eigenvalue weighted by atomic mass is 10.0. The summed E-state index contributed by atoms with van der Waals surface area (Å²) in [4.78, 5) is 24.0. The van der Waals surface area contributed by atoms with Crippen molar-refractivity contribution in [2.75, 3.05) is 20.2 Å². The standard InChI is InChI=1S/C15H17NO4/c1-10-3-5-13(20-2)11(7-10)4-6-14(17)16-8-12(9-16)15(18)19/h3-7,12H,8-9H2,1-2H3,(H,18,19). The van der Waals surface area contributed by atoms with Crippen LogP contribution in [-0.4, -0.2) is 42.1 Å². The fourth-order valence-corrected chi connectivity index (χ4v) is 2.07. The lowest BCUT2D eigenvalue weighted by Gasteiger charge is -2.35. The van der Waals surface area contributed by atoms with Crippen LogP contribution in [0.1, 0.15) is 11.1 Å². The van der Waals surface area contributed by atoms with Gasteiger partial charge in [-0.2, -0.15) is 0 Å². The molecule has 0 aliphatic carbocycles. The molecule has 1 aromatic carbocycles. The van der Waals surface area contributed by atoms with Crippen molar-refractivity contribution in [2.45, 2.75) is 6.92 Å². The van der Waals surface area contributed by atoms with Crippen LogP contribution in [0.4, 0.5) is 0 Å². The Morgan fingerprint density at radius 2 is 2.10 bits per heavy atom. The maximum Gasteiger partial charge on any atom is 0.310 e. The molecule has 1 aliphatic heterocycles. The molecule has 0 aromatic heterocycles. The topological polar surface area (TPSA) is 66.8 Å². The summed E-state index contributed by atoms with van der Waals surface area (Å²) in [5.74, 6) is -0.753. The van der Waals surface area contributed by atoms with E-state index in [1.165, 1.54) is 11.0 Å². The molecule has 0 saturated carbocycles. The van der Waals surface area contributed by atoms with Crippen molar-refractivity contribution in [3.8, 4) is 5.75 Å². The van der Waals surface area contributed by atoms with E-state index in [1.807, 2.05) is 25.1 Å². The normalized spacial score (nSPS) is 15.2. The molecule has 1 saturated heterocycles. The third-order valence-electron chi connectivity index (χ3n) is 3.33. The van der Waals surface area contributed by atoms with Crippen LogP contribution < -0.4 is 4.74 Å². The van der Waals surface area contributed by atoms with Crippen LogP contribution in [0.15, 0.2) is 24.3 Å². The zero-order valence-electron chi connectivity index (χ0n) is 11.5. The minimum Gasteiger partial charge on any atom is -0.496 e. The van der Waals surface area contributed by atoms with Crippen LogP contribution in [-0.2, 0) is 9.59 Å². The molecule has 1 aromatic rings. The number of likely N-dealkylation sites (tertiary alicyclic amines) is 1. The van der Waals surface area contributed by atoms with E-state index in [0.717, 1.165) is 11.1 Å². The molecule has 0 radical (unpaired) electrons. The highest BCUT2D eigenvalue weighted by Crippen LogP contribution is 2.22. The Hall–Kier alpha value is -2.30. The first-order valence-electron chi connectivity index (χ1n) is 6.35. The summed E-state index contributed by atoms with van der Waals surface area (Å²) in [5, 5.41) is 8.77. The molecule has 5 nitrogen and oxygen atoms in total. The van der Waals surface area contributed by atoms with E-state index >= 15 is 0 Å². The van der Waals surface area contributed by atoms with Gasteiger partial charge in [-0.1, -0.05) is 11.6 Å². The number of rotatable bonds is 4. The summed E-state index contributed by atoms with van der Waals surface area (Å²) < 4.78 is 5.23. The second-order valence-corrected chi connectivity index (χ2v) is 4.86. The Morgan fingerprint density at radius 1 is 1.40 bits per heavy atom. The Bertz CT molecular complexity index is 559. The van der Waals surface area contributed by atoms with Crippen LogP contribution in [0.2, 0.25) is 0 Å². The first kappa shape index (κ1) is 14.1. The smallest absolute Gasteiger partial charge is 0.310 e. The van der Waals surface area contributed by atoms with Gasteiger partial charge >= 0.3 is 5.97 Å². The predicted molar refractivity (Wildman–Crippen MR) is 74.5 cm³/mol. The summed E-state index contributed by atoms with van der Waals surface area (Å²) in [6.45, 7) is 2.53. The minimum absolute atomic E-state index is 0.175. The number of nitrogens with zero attached hydrogens (tertiary/aromatic N) is 1. The van der Waals surface area contributed by atoms with E-state index in [1.54, 1.807) is 13.2 Å². The summed E-state index contributed by atoms with van der Waals surface area (Å²) in [7, 11) is 1.58. The number of carboxylic acid groups (broad SMARTS) is 1. The van der Waals surface area contributed by atoms with E-state index < -0.39 is 11.9 Å². The molecule has 1 amide bonds. The van der Waals surface area contributed by atoms with Crippen molar-refractivity contribution in [2.24, 2.45) is 5.92 Å². The van der Waals surface area contributed by atoms with E-state index in [-0.39, 0.29) is 19.0 Å². The molecule has 0 spiro atoms. The lowest BCUT2D eigenvalue weighted by molar-refractivity contribution is -0.151. The summed E-state index contributed by atoms with van der Waals surface area (Å²) in [6.07, 6.45) is 3.15. The van der Waals surface area contributed by atoms with Gasteiger partial charge in [0.15, 0.2) is 0 Å². The molecule has 0 bridgehead atoms. The number of carbonyl (C=O) groups is 2. The maximum absolute atomic E-state index is 11.9. The summed E-state index contributed by atoms with van der Waals surface area (Å²) in [6, 6.07) is 5.72. The molecule has 2 rings (SSSR count). The van der Waals surface area contributed by atoms with E-state index in [4.69, 9.17) is 9.84 Å². The minimum atomic E-state index is -0.849. The van der Waals surface area contributed by atoms with E-state index in [9.17, 15) is 9.59 Å². The van der Waals surface area contributed by atoms with Crippen molar-refractivity contribution in [3.05, 3.63) is 35.4 Å². The van der Waals surface area contributed by atoms with Crippen LogP contribution in [0.3, 0.4) is 0 Å². The number of ether oxygens (including phenoxy) is 1. The predicted octanol–water partition coefficient (Wildman–Crippen LogP) is 1.56. The van der Waals surface area contributed by atoms with Gasteiger partial charge in [0.1, 0.15) is 5.75 Å². The quantitative estimate of drug-likeness (QED) is 0.847. The van der Waals surface area contributed by atoms with Gasteiger partial charge in [0.2, 0.25) is 5.91 Å². The number of carboxylic acids is 1. The number of methoxy groups -OCH3 is 1. The van der Waals surface area contributed by atoms with Gasteiger partial charge in [-0.15, -0.1) is 0 Å². The number of hydrogen-bond donors (Lipinski definition) is 1. The number of aliphatic carboxylic acids is 1. The van der Waals surface area contributed by atoms with Crippen molar-refractivity contribution in [1.29, 1.82) is 0 Å². The highest BCUT2D eigenvalue weighted by Gasteiger charge is 2.34. The average Bonchev–Trinajstić information content (AvgIpc) is 2.34. The molecule has 20 heavy (non-hydrogen) atoms. The van der Waals surface area contributed by atoms with Gasteiger partial charge in [-0.25, -0.2) is 0 Å². The molecule has 0 unspecified atom stereocenters. The van der Waals surface area contributed by atoms with Crippen molar-refractivity contribution < 1.29 is 19.4 Å². The Balaban J connectivity index is 2.01. The van der Waals surface area contributed by atoms with E-state index in [0.29, 0.717) is 5.75 Å². The van der Waals surface area contributed by atoms with Crippen LogP contribution >= 0.6 is 0 Å². The SMILES string of the molecule is COc1ccc(C)cc1C=CC(=O)N1CC(C(=O)O)C1. The molecular weight excluding hydrogens is 258 g/mol. The number of carbonyl (C=O) groups excluding carboxylic acids is 1. The zero-order valence-corrected chi connectivity index (χ0v) is 11.5. The fourth-order valence-electron chi connectivity index (χ4n) is 2.07. The molecule has 0 atom stereocenters. The molecule has 1 heterocycles. The maximum atomic E-state index is 11.9. The Morgan fingerprint density at radius 3 is 2.70 bits per heavy atom. The fraction of sp³-hybridized carbons (Fsp3) is 0.333. The zero-order chi connectivity index (χ0) is 14.7. The highest BCUT2D eigenvalue weighted by molar-refractivity contribution is 5.93. The second kappa shape index (κ2) is 5.77. The average molecular weight is 275 g/mol. The van der Waals surface area contributed by atoms with Gasteiger partial charge in [0, 0.05) is 24.7 Å². The third kappa shape index (κ3) is 2.99. The summed E-state index contributed by atoms with van der Waals surface area (Å²) in [5.41, 5.74) is 1.91. The number of benzene rings is 1. The Kier molecular flexibility index (Phi) is 4.08. The third-order valence-corrected chi connectivity index (χ3v) is 3.33. The van der Waals surface area contributed by atoms with Gasteiger partial charge in [0.05, 0.1) is 13.0 Å². The van der Waals surface area contributed by atoms with Crippen LogP contribution in [0.5, 0.6) is 5.75 Å². The summed E-state index contributed by atoms with van der Waals surface area (Å²) >= 11 is 0. The second-order valence-electron chi connectivity index (χ2n) is 4.86. The largest absolute Gasteiger partial charge is 0.496 e. The number of hydrogen-bond acceptors (Lipinski definition) is 3. The van der Waals surface area contributed by atoms with Crippen molar-refractivity contribution in [3.63, 3.8) is 0 Å². The van der Waals surface area contributed by atoms with Gasteiger partial charge in [-0.05, 0) is 25.1 Å². The molecule has 1 fully saturated rings. The monoisotopic (exact) mass is 275 g/mol. The molecular formula is C15H17NO4.